The molecule has 2 N–H and O–H groups in total. The van der Waals surface area contributed by atoms with Crippen LogP contribution in [0, 0.1) is 12.8 Å². The molecule has 0 bridgehead atoms. The lowest BCUT2D eigenvalue weighted by Crippen LogP contribution is -2.37. The number of nitrogens with one attached hydrogen (secondary N) is 2. The zero-order valence-corrected chi connectivity index (χ0v) is 17.3. The second-order valence-electron chi connectivity index (χ2n) is 6.99. The number of aryl methyl sites for hydroxylation is 1. The fourth-order valence-corrected chi connectivity index (χ4v) is 3.47. The largest absolute Gasteiger partial charge is 0.493 e. The van der Waals surface area contributed by atoms with E-state index in [9.17, 15) is 8.42 Å². The molecule has 1 unspecified atom stereocenters. The van der Waals surface area contributed by atoms with Crippen molar-refractivity contribution in [3.8, 4) is 5.75 Å². The summed E-state index contributed by atoms with van der Waals surface area (Å²) >= 11 is 0. The molecule has 0 aromatic heterocycles. The van der Waals surface area contributed by atoms with Crippen LogP contribution in [0.1, 0.15) is 24.0 Å². The molecule has 1 aromatic rings. The molecular weight excluding hydrogens is 366 g/mol. The van der Waals surface area contributed by atoms with Crippen LogP contribution in [-0.2, 0) is 21.1 Å². The number of hydrogen-bond donors (Lipinski definition) is 2. The second kappa shape index (κ2) is 10.5. The van der Waals surface area contributed by atoms with Gasteiger partial charge in [0.25, 0.3) is 0 Å². The van der Waals surface area contributed by atoms with E-state index in [0.29, 0.717) is 38.0 Å². The Morgan fingerprint density at radius 2 is 2.19 bits per heavy atom. The molecule has 2 rings (SSSR count). The molecule has 0 aliphatic carbocycles. The third-order valence-electron chi connectivity index (χ3n) is 4.38. The van der Waals surface area contributed by atoms with Crippen LogP contribution in [0.4, 0.5) is 0 Å². The Morgan fingerprint density at radius 1 is 1.37 bits per heavy atom. The summed E-state index contributed by atoms with van der Waals surface area (Å²) in [6.45, 7) is 5.41. The van der Waals surface area contributed by atoms with Crippen molar-refractivity contribution in [3.63, 3.8) is 0 Å². The quantitative estimate of drug-likeness (QED) is 0.373. The fraction of sp³-hybridized carbons (Fsp3) is 0.632. The summed E-state index contributed by atoms with van der Waals surface area (Å²) in [6, 6.07) is 6.17. The van der Waals surface area contributed by atoms with E-state index >= 15 is 0 Å². The van der Waals surface area contributed by atoms with Crippen LogP contribution >= 0.6 is 0 Å². The molecule has 1 atom stereocenters. The zero-order chi connectivity index (χ0) is 19.7. The van der Waals surface area contributed by atoms with E-state index < -0.39 is 9.84 Å². The number of sulfone groups is 1. The maximum Gasteiger partial charge on any atom is 0.191 e. The van der Waals surface area contributed by atoms with Gasteiger partial charge in [0.05, 0.1) is 19.0 Å². The molecule has 152 valence electrons. The third kappa shape index (κ3) is 8.17. The van der Waals surface area contributed by atoms with Gasteiger partial charge >= 0.3 is 0 Å². The van der Waals surface area contributed by atoms with E-state index in [-0.39, 0.29) is 5.75 Å². The molecule has 1 saturated heterocycles. The minimum absolute atomic E-state index is 0.165. The normalized spacial score (nSPS) is 17.7. The summed E-state index contributed by atoms with van der Waals surface area (Å²) in [5.41, 5.74) is 2.21. The first-order valence-corrected chi connectivity index (χ1v) is 11.4. The molecule has 1 aromatic carbocycles. The molecule has 0 saturated carbocycles. The Morgan fingerprint density at radius 3 is 2.85 bits per heavy atom. The summed E-state index contributed by atoms with van der Waals surface area (Å²) in [4.78, 5) is 4.18. The summed E-state index contributed by atoms with van der Waals surface area (Å²) in [5, 5.41) is 6.39. The monoisotopic (exact) mass is 397 g/mol. The summed E-state index contributed by atoms with van der Waals surface area (Å²) in [7, 11) is -1.24. The molecule has 1 fully saturated rings. The minimum atomic E-state index is -2.93. The van der Waals surface area contributed by atoms with E-state index in [0.717, 1.165) is 36.5 Å². The highest BCUT2D eigenvalue weighted by Gasteiger charge is 2.17. The number of ether oxygens (including phenoxy) is 2. The van der Waals surface area contributed by atoms with Crippen LogP contribution < -0.4 is 15.4 Å². The molecule has 1 heterocycles. The molecule has 0 radical (unpaired) electrons. The van der Waals surface area contributed by atoms with Crippen LogP contribution in [0.2, 0.25) is 0 Å². The van der Waals surface area contributed by atoms with Crippen molar-refractivity contribution < 1.29 is 17.9 Å². The lowest BCUT2D eigenvalue weighted by atomic mass is 10.1. The van der Waals surface area contributed by atoms with Gasteiger partial charge in [-0.05, 0) is 31.4 Å². The van der Waals surface area contributed by atoms with Crippen molar-refractivity contribution in [1.29, 1.82) is 0 Å². The number of rotatable bonds is 9. The summed E-state index contributed by atoms with van der Waals surface area (Å²) < 4.78 is 33.8. The molecule has 27 heavy (non-hydrogen) atoms. The van der Waals surface area contributed by atoms with E-state index in [1.165, 1.54) is 6.26 Å². The van der Waals surface area contributed by atoms with Crippen molar-refractivity contribution in [1.82, 2.24) is 10.6 Å². The van der Waals surface area contributed by atoms with E-state index in [1.54, 1.807) is 7.05 Å². The molecule has 0 spiro atoms. The lowest BCUT2D eigenvalue weighted by Gasteiger charge is -2.17. The highest BCUT2D eigenvalue weighted by molar-refractivity contribution is 7.90. The van der Waals surface area contributed by atoms with E-state index in [1.807, 2.05) is 6.92 Å². The number of benzene rings is 1. The molecule has 8 heteroatoms. The van der Waals surface area contributed by atoms with Crippen LogP contribution in [0.25, 0.3) is 0 Å². The Kier molecular flexibility index (Phi) is 8.37. The fourth-order valence-electron chi connectivity index (χ4n) is 2.81. The smallest absolute Gasteiger partial charge is 0.191 e. The van der Waals surface area contributed by atoms with Gasteiger partial charge in [0.2, 0.25) is 0 Å². The van der Waals surface area contributed by atoms with Crippen LogP contribution in [0.15, 0.2) is 23.2 Å². The Balaban J connectivity index is 1.85. The van der Waals surface area contributed by atoms with Gasteiger partial charge in [0.15, 0.2) is 5.96 Å². The topological polar surface area (TPSA) is 89.0 Å². The van der Waals surface area contributed by atoms with Crippen molar-refractivity contribution in [2.45, 2.75) is 26.3 Å². The van der Waals surface area contributed by atoms with Crippen LogP contribution in [0.3, 0.4) is 0 Å². The molecule has 0 amide bonds. The number of aliphatic imine (C=N–C) groups is 1. The van der Waals surface area contributed by atoms with Gasteiger partial charge in [-0.2, -0.15) is 0 Å². The average Bonchev–Trinajstić information content (AvgIpc) is 3.13. The highest BCUT2D eigenvalue weighted by atomic mass is 32.2. The predicted molar refractivity (Wildman–Crippen MR) is 108 cm³/mol. The van der Waals surface area contributed by atoms with E-state index in [2.05, 4.69) is 33.8 Å². The molecule has 7 nitrogen and oxygen atoms in total. The third-order valence-corrected chi connectivity index (χ3v) is 5.41. The van der Waals surface area contributed by atoms with Crippen LogP contribution in [-0.4, -0.2) is 59.8 Å². The van der Waals surface area contributed by atoms with Gasteiger partial charge in [-0.1, -0.05) is 12.1 Å². The van der Waals surface area contributed by atoms with Crippen molar-refractivity contribution in [2.75, 3.05) is 45.4 Å². The Bertz CT molecular complexity index is 728. The molecule has 1 aliphatic heterocycles. The van der Waals surface area contributed by atoms with Gasteiger partial charge in [-0.25, -0.2) is 8.42 Å². The minimum Gasteiger partial charge on any atom is -0.493 e. The van der Waals surface area contributed by atoms with E-state index in [4.69, 9.17) is 9.47 Å². The zero-order valence-electron chi connectivity index (χ0n) is 16.5. The van der Waals surface area contributed by atoms with Crippen molar-refractivity contribution in [2.24, 2.45) is 10.9 Å². The maximum atomic E-state index is 11.2. The highest BCUT2D eigenvalue weighted by Crippen LogP contribution is 2.22. The van der Waals surface area contributed by atoms with Crippen molar-refractivity contribution in [3.05, 3.63) is 29.3 Å². The van der Waals surface area contributed by atoms with Gasteiger partial charge in [-0.15, -0.1) is 0 Å². The van der Waals surface area contributed by atoms with Crippen molar-refractivity contribution >= 4 is 15.8 Å². The number of guanidine groups is 1. The average molecular weight is 398 g/mol. The second-order valence-corrected chi connectivity index (χ2v) is 9.25. The lowest BCUT2D eigenvalue weighted by molar-refractivity contribution is 0.166. The maximum absolute atomic E-state index is 11.2. The van der Waals surface area contributed by atoms with Gasteiger partial charge in [0.1, 0.15) is 15.6 Å². The SMILES string of the molecule is CN=C(NCCCS(C)(=O)=O)NCc1ccc(C)cc1OCC1CCOC1. The molecular formula is C19H31N3O4S. The predicted octanol–water partition coefficient (Wildman–Crippen LogP) is 1.51. The summed E-state index contributed by atoms with van der Waals surface area (Å²) in [5.74, 6) is 2.13. The number of hydrogen-bond acceptors (Lipinski definition) is 5. The van der Waals surface area contributed by atoms with Gasteiger partial charge < -0.3 is 20.1 Å². The van der Waals surface area contributed by atoms with Gasteiger partial charge in [-0.3, -0.25) is 4.99 Å². The molecule has 1 aliphatic rings. The first kappa shape index (κ1) is 21.5. The first-order valence-electron chi connectivity index (χ1n) is 9.29. The first-order chi connectivity index (χ1) is 12.9. The number of nitrogens with zero attached hydrogens (tertiary/aromatic N) is 1. The van der Waals surface area contributed by atoms with Crippen LogP contribution in [0.5, 0.6) is 5.75 Å². The summed E-state index contributed by atoms with van der Waals surface area (Å²) in [6.07, 6.45) is 2.84. The Hall–Kier alpha value is -1.80. The Labute approximate surface area is 162 Å². The van der Waals surface area contributed by atoms with Gasteiger partial charge in [0, 0.05) is 44.5 Å². The standard InChI is InChI=1S/C19H31N3O4S/c1-15-5-6-17(18(11-15)26-14-16-7-9-25-13-16)12-22-19(20-2)21-8-4-10-27(3,23)24/h5-6,11,16H,4,7-10,12-14H2,1-3H3,(H2,20,21,22).